The van der Waals surface area contributed by atoms with E-state index in [1.807, 2.05) is 19.2 Å². The van der Waals surface area contributed by atoms with Gasteiger partial charge in [-0.25, -0.2) is 0 Å². The highest BCUT2D eigenvalue weighted by Gasteiger charge is 2.27. The van der Waals surface area contributed by atoms with Crippen LogP contribution in [0.3, 0.4) is 0 Å². The van der Waals surface area contributed by atoms with Crippen molar-refractivity contribution in [2.24, 2.45) is 11.8 Å². The van der Waals surface area contributed by atoms with Gasteiger partial charge in [-0.1, -0.05) is 55.5 Å². The molecule has 2 rings (SSSR count). The Labute approximate surface area is 126 Å². The van der Waals surface area contributed by atoms with E-state index in [1.165, 1.54) is 37.7 Å². The maximum absolute atomic E-state index is 6.14. The molecule has 1 nitrogen and oxygen atoms in total. The van der Waals surface area contributed by atoms with Crippen molar-refractivity contribution >= 4 is 23.2 Å². The van der Waals surface area contributed by atoms with Crippen molar-refractivity contribution in [1.82, 2.24) is 5.32 Å². The molecular weight excluding hydrogens is 277 g/mol. The molecule has 1 fully saturated rings. The smallest absolute Gasteiger partial charge is 0.0595 e. The summed E-state index contributed by atoms with van der Waals surface area (Å²) in [6, 6.07) is 6.41. The second-order valence-corrected chi connectivity index (χ2v) is 6.44. The van der Waals surface area contributed by atoms with Gasteiger partial charge in [0.15, 0.2) is 0 Å². The van der Waals surface area contributed by atoms with E-state index in [1.54, 1.807) is 0 Å². The predicted molar refractivity (Wildman–Crippen MR) is 84.0 cm³/mol. The number of nitrogens with one attached hydrogen (secondary N) is 1. The Balaban J connectivity index is 2.09. The molecule has 0 radical (unpaired) electrons. The molecule has 19 heavy (non-hydrogen) atoms. The molecule has 106 valence electrons. The summed E-state index contributed by atoms with van der Waals surface area (Å²) in [5, 5.41) is 4.75. The summed E-state index contributed by atoms with van der Waals surface area (Å²) in [6.07, 6.45) is 6.67. The van der Waals surface area contributed by atoms with Gasteiger partial charge in [0.1, 0.15) is 0 Å². The van der Waals surface area contributed by atoms with Gasteiger partial charge in [-0.15, -0.1) is 0 Å². The van der Waals surface area contributed by atoms with Gasteiger partial charge in [-0.05, 0) is 49.4 Å². The molecule has 0 bridgehead atoms. The molecule has 0 aliphatic heterocycles. The molecule has 1 aliphatic carbocycles. The molecule has 1 unspecified atom stereocenters. The lowest BCUT2D eigenvalue weighted by Crippen LogP contribution is -2.28. The van der Waals surface area contributed by atoms with Crippen molar-refractivity contribution in [3.8, 4) is 0 Å². The first-order chi connectivity index (χ1) is 9.15. The highest BCUT2D eigenvalue weighted by molar-refractivity contribution is 6.42. The fourth-order valence-corrected chi connectivity index (χ4v) is 3.62. The average molecular weight is 300 g/mol. The van der Waals surface area contributed by atoms with Crippen molar-refractivity contribution in [2.45, 2.75) is 45.1 Å². The fourth-order valence-electron chi connectivity index (χ4n) is 3.31. The minimum absolute atomic E-state index is 0.396. The maximum Gasteiger partial charge on any atom is 0.0595 e. The Morgan fingerprint density at radius 3 is 2.37 bits per heavy atom. The second kappa shape index (κ2) is 6.97. The van der Waals surface area contributed by atoms with Crippen molar-refractivity contribution in [1.29, 1.82) is 0 Å². The molecule has 0 saturated heterocycles. The standard InChI is InChI=1S/C16H23Cl2N/c1-3-11-4-6-12(7-5-11)16(19-2)13-8-9-14(17)15(18)10-13/h8-12,16,19H,3-7H2,1-2H3. The van der Waals surface area contributed by atoms with Gasteiger partial charge >= 0.3 is 0 Å². The van der Waals surface area contributed by atoms with Crippen LogP contribution in [0.1, 0.15) is 50.6 Å². The average Bonchev–Trinajstić information content (AvgIpc) is 2.44. The maximum atomic E-state index is 6.14. The Morgan fingerprint density at radius 1 is 1.16 bits per heavy atom. The highest BCUT2D eigenvalue weighted by Crippen LogP contribution is 2.38. The fraction of sp³-hybridized carbons (Fsp3) is 0.625. The topological polar surface area (TPSA) is 12.0 Å². The van der Waals surface area contributed by atoms with Crippen LogP contribution < -0.4 is 5.32 Å². The molecular formula is C16H23Cl2N. The zero-order valence-corrected chi connectivity index (χ0v) is 13.3. The van der Waals surface area contributed by atoms with Gasteiger partial charge < -0.3 is 5.32 Å². The molecule has 1 N–H and O–H groups in total. The summed E-state index contributed by atoms with van der Waals surface area (Å²) in [7, 11) is 2.04. The van der Waals surface area contributed by atoms with Crippen molar-refractivity contribution < 1.29 is 0 Å². The van der Waals surface area contributed by atoms with Gasteiger partial charge in [0, 0.05) is 6.04 Å². The summed E-state index contributed by atoms with van der Waals surface area (Å²) >= 11 is 12.1. The minimum atomic E-state index is 0.396. The summed E-state index contributed by atoms with van der Waals surface area (Å²) in [4.78, 5) is 0. The largest absolute Gasteiger partial charge is 0.313 e. The molecule has 0 amide bonds. The Kier molecular flexibility index (Phi) is 5.56. The van der Waals surface area contributed by atoms with Crippen LogP contribution in [-0.4, -0.2) is 7.05 Å². The van der Waals surface area contributed by atoms with E-state index in [0.29, 0.717) is 22.0 Å². The van der Waals surface area contributed by atoms with Gasteiger partial charge in [-0.2, -0.15) is 0 Å². The van der Waals surface area contributed by atoms with Crippen LogP contribution in [0.2, 0.25) is 10.0 Å². The van der Waals surface area contributed by atoms with E-state index in [2.05, 4.69) is 18.3 Å². The molecule has 1 aliphatic rings. The van der Waals surface area contributed by atoms with Gasteiger partial charge in [0.25, 0.3) is 0 Å². The first-order valence-corrected chi connectivity index (χ1v) is 8.03. The number of benzene rings is 1. The van der Waals surface area contributed by atoms with Crippen LogP contribution in [0.25, 0.3) is 0 Å². The highest BCUT2D eigenvalue weighted by atomic mass is 35.5. The Hall–Kier alpha value is -0.240. The molecule has 3 heteroatoms. The molecule has 1 saturated carbocycles. The van der Waals surface area contributed by atoms with Gasteiger partial charge in [-0.3, -0.25) is 0 Å². The normalized spacial score (nSPS) is 25.3. The Bertz CT molecular complexity index is 411. The molecule has 1 aromatic rings. The summed E-state index contributed by atoms with van der Waals surface area (Å²) in [5.41, 5.74) is 1.26. The molecule has 0 aromatic heterocycles. The van der Waals surface area contributed by atoms with Gasteiger partial charge in [0.2, 0.25) is 0 Å². The second-order valence-electron chi connectivity index (χ2n) is 5.63. The van der Waals surface area contributed by atoms with Crippen LogP contribution in [0.4, 0.5) is 0 Å². The van der Waals surface area contributed by atoms with Crippen LogP contribution in [-0.2, 0) is 0 Å². The van der Waals surface area contributed by atoms with Crippen LogP contribution in [0.15, 0.2) is 18.2 Å². The van der Waals surface area contributed by atoms with E-state index in [4.69, 9.17) is 23.2 Å². The van der Waals surface area contributed by atoms with E-state index in [0.717, 1.165) is 5.92 Å². The number of rotatable bonds is 4. The third-order valence-corrected chi connectivity index (χ3v) is 5.29. The minimum Gasteiger partial charge on any atom is -0.313 e. The lowest BCUT2D eigenvalue weighted by Gasteiger charge is -2.34. The zero-order valence-electron chi connectivity index (χ0n) is 11.8. The first kappa shape index (κ1) is 15.2. The van der Waals surface area contributed by atoms with E-state index < -0.39 is 0 Å². The van der Waals surface area contributed by atoms with E-state index in [-0.39, 0.29) is 0 Å². The van der Waals surface area contributed by atoms with Crippen LogP contribution in [0, 0.1) is 11.8 Å². The summed E-state index contributed by atoms with van der Waals surface area (Å²) in [6.45, 7) is 2.31. The Morgan fingerprint density at radius 2 is 1.84 bits per heavy atom. The van der Waals surface area contributed by atoms with Crippen molar-refractivity contribution in [3.63, 3.8) is 0 Å². The van der Waals surface area contributed by atoms with E-state index >= 15 is 0 Å². The third kappa shape index (κ3) is 3.65. The van der Waals surface area contributed by atoms with E-state index in [9.17, 15) is 0 Å². The molecule has 0 heterocycles. The summed E-state index contributed by atoms with van der Waals surface area (Å²) < 4.78 is 0. The predicted octanol–water partition coefficient (Wildman–Crippen LogP) is 5.47. The van der Waals surface area contributed by atoms with Crippen LogP contribution >= 0.6 is 23.2 Å². The van der Waals surface area contributed by atoms with Gasteiger partial charge in [0.05, 0.1) is 10.0 Å². The number of hydrogen-bond donors (Lipinski definition) is 1. The SMILES string of the molecule is CCC1CCC(C(NC)c2ccc(Cl)c(Cl)c2)CC1. The number of hydrogen-bond acceptors (Lipinski definition) is 1. The lowest BCUT2D eigenvalue weighted by molar-refractivity contribution is 0.224. The zero-order chi connectivity index (χ0) is 13.8. The van der Waals surface area contributed by atoms with Crippen molar-refractivity contribution in [2.75, 3.05) is 7.05 Å². The third-order valence-electron chi connectivity index (χ3n) is 4.55. The van der Waals surface area contributed by atoms with Crippen molar-refractivity contribution in [3.05, 3.63) is 33.8 Å². The summed E-state index contributed by atoms with van der Waals surface area (Å²) in [5.74, 6) is 1.65. The lowest BCUT2D eigenvalue weighted by atomic mass is 9.76. The molecule has 0 spiro atoms. The van der Waals surface area contributed by atoms with Crippen LogP contribution in [0.5, 0.6) is 0 Å². The molecule has 1 atom stereocenters. The monoisotopic (exact) mass is 299 g/mol. The quantitative estimate of drug-likeness (QED) is 0.777. The molecule has 1 aromatic carbocycles. The number of halogens is 2. The first-order valence-electron chi connectivity index (χ1n) is 7.28.